The number of likely N-dealkylation sites (tertiary alicyclic amines) is 1. The number of hydrogen-bond donors (Lipinski definition) is 0. The van der Waals surface area contributed by atoms with Crippen molar-refractivity contribution < 1.29 is 13.5 Å². The number of aryl methyl sites for hydroxylation is 2. The smallest absolute Gasteiger partial charge is 0.164 e. The van der Waals surface area contributed by atoms with Crippen molar-refractivity contribution in [1.82, 2.24) is 29.4 Å². The SMILES string of the molecule is Cc1nc(C)c2nc(-c3cncc(F)c3)n(CC3=C(F)CC(OC4CCN(C)CC4)C=C3)c2n1. The van der Waals surface area contributed by atoms with Crippen LogP contribution in [0, 0.1) is 19.7 Å². The molecule has 2 aliphatic rings. The Bertz CT molecular complexity index is 1280. The molecule has 0 amide bonds. The zero-order chi connectivity index (χ0) is 23.8. The van der Waals surface area contributed by atoms with Crippen LogP contribution in [0.15, 0.2) is 42.0 Å². The molecule has 1 fully saturated rings. The third-order valence-corrected chi connectivity index (χ3v) is 6.45. The summed E-state index contributed by atoms with van der Waals surface area (Å²) in [6.45, 7) is 5.86. The van der Waals surface area contributed by atoms with Gasteiger partial charge in [-0.3, -0.25) is 4.98 Å². The molecule has 1 unspecified atom stereocenters. The molecule has 34 heavy (non-hydrogen) atoms. The molecule has 0 bridgehead atoms. The van der Waals surface area contributed by atoms with Gasteiger partial charge < -0.3 is 14.2 Å². The Morgan fingerprint density at radius 1 is 1.09 bits per heavy atom. The summed E-state index contributed by atoms with van der Waals surface area (Å²) in [6, 6.07) is 1.37. The van der Waals surface area contributed by atoms with E-state index in [-0.39, 0.29) is 31.0 Å². The molecule has 1 aliphatic heterocycles. The van der Waals surface area contributed by atoms with Gasteiger partial charge in [-0.15, -0.1) is 0 Å². The Kier molecular flexibility index (Phi) is 6.22. The zero-order valence-electron chi connectivity index (χ0n) is 19.6. The number of fused-ring (bicyclic) bond motifs is 1. The van der Waals surface area contributed by atoms with Gasteiger partial charge in [0.05, 0.1) is 30.6 Å². The molecule has 3 aromatic heterocycles. The second-order valence-electron chi connectivity index (χ2n) is 9.11. The van der Waals surface area contributed by atoms with Gasteiger partial charge in [-0.05, 0) is 39.8 Å². The van der Waals surface area contributed by atoms with Crippen molar-refractivity contribution in [3.05, 3.63) is 59.3 Å². The fraction of sp³-hybridized carbons (Fsp3) is 0.440. The molecule has 1 atom stereocenters. The van der Waals surface area contributed by atoms with Crippen molar-refractivity contribution in [3.8, 4) is 11.4 Å². The molecule has 1 aliphatic carbocycles. The van der Waals surface area contributed by atoms with Gasteiger partial charge in [-0.1, -0.05) is 12.2 Å². The zero-order valence-corrected chi connectivity index (χ0v) is 19.6. The minimum absolute atomic E-state index is 0.160. The van der Waals surface area contributed by atoms with Gasteiger partial charge in [-0.2, -0.15) is 0 Å². The molecule has 7 nitrogen and oxygen atoms in total. The Morgan fingerprint density at radius 3 is 2.62 bits per heavy atom. The number of aromatic nitrogens is 5. The summed E-state index contributed by atoms with van der Waals surface area (Å²) in [4.78, 5) is 19.9. The molecule has 4 heterocycles. The maximum atomic E-state index is 15.3. The Hall–Kier alpha value is -3.04. The van der Waals surface area contributed by atoms with E-state index in [0.717, 1.165) is 32.1 Å². The molecule has 0 radical (unpaired) electrons. The molecule has 0 aromatic carbocycles. The number of pyridine rings is 1. The van der Waals surface area contributed by atoms with E-state index in [4.69, 9.17) is 4.74 Å². The molecule has 178 valence electrons. The first kappa shape index (κ1) is 22.7. The Balaban J connectivity index is 1.44. The lowest BCUT2D eigenvalue weighted by molar-refractivity contribution is -0.0210. The summed E-state index contributed by atoms with van der Waals surface area (Å²) in [5.74, 6) is 0.388. The number of hydrogen-bond acceptors (Lipinski definition) is 6. The van der Waals surface area contributed by atoms with E-state index in [1.54, 1.807) is 19.2 Å². The minimum atomic E-state index is -0.466. The van der Waals surface area contributed by atoms with Gasteiger partial charge in [-0.25, -0.2) is 23.7 Å². The molecule has 9 heteroatoms. The predicted molar refractivity (Wildman–Crippen MR) is 125 cm³/mol. The van der Waals surface area contributed by atoms with E-state index < -0.39 is 5.82 Å². The molecule has 1 saturated heterocycles. The van der Waals surface area contributed by atoms with E-state index in [2.05, 4.69) is 31.9 Å². The molecule has 3 aromatic rings. The second kappa shape index (κ2) is 9.31. The maximum Gasteiger partial charge on any atom is 0.164 e. The fourth-order valence-electron chi connectivity index (χ4n) is 4.64. The van der Waals surface area contributed by atoms with Crippen LogP contribution in [0.3, 0.4) is 0 Å². The van der Waals surface area contributed by atoms with Crippen LogP contribution in [0.5, 0.6) is 0 Å². The summed E-state index contributed by atoms with van der Waals surface area (Å²) in [6.07, 6.45) is 8.43. The minimum Gasteiger partial charge on any atom is -0.370 e. The summed E-state index contributed by atoms with van der Waals surface area (Å²) >= 11 is 0. The van der Waals surface area contributed by atoms with E-state index in [0.29, 0.717) is 39.6 Å². The second-order valence-corrected chi connectivity index (χ2v) is 9.11. The standard InChI is InChI=1S/C25H28F2N6O/c1-15-23-25(30-16(2)29-15)33(24(31-23)18-10-19(26)13-28-12-18)14-17-4-5-21(11-22(17)27)34-20-6-8-32(3)9-7-20/h4-5,10,12-13,20-21H,6-9,11,14H2,1-3H3. The number of piperidine rings is 1. The third-order valence-electron chi connectivity index (χ3n) is 6.45. The van der Waals surface area contributed by atoms with Crippen molar-refractivity contribution in [2.75, 3.05) is 20.1 Å². The van der Waals surface area contributed by atoms with E-state index >= 15 is 4.39 Å². The van der Waals surface area contributed by atoms with Crippen molar-refractivity contribution in [1.29, 1.82) is 0 Å². The number of allylic oxidation sites excluding steroid dienone is 2. The van der Waals surface area contributed by atoms with Crippen LogP contribution in [-0.4, -0.2) is 61.7 Å². The van der Waals surface area contributed by atoms with Crippen molar-refractivity contribution >= 4 is 11.2 Å². The summed E-state index contributed by atoms with van der Waals surface area (Å²) in [5, 5.41) is 0. The number of ether oxygens (including phenoxy) is 1. The van der Waals surface area contributed by atoms with Crippen LogP contribution in [0.4, 0.5) is 8.78 Å². The Labute approximate surface area is 197 Å². The topological polar surface area (TPSA) is 69.0 Å². The summed E-state index contributed by atoms with van der Waals surface area (Å²) < 4.78 is 37.2. The van der Waals surface area contributed by atoms with Crippen LogP contribution in [0.1, 0.15) is 30.8 Å². The molecule has 0 N–H and O–H groups in total. The highest BCUT2D eigenvalue weighted by atomic mass is 19.1. The van der Waals surface area contributed by atoms with Crippen LogP contribution < -0.4 is 0 Å². The molecular weight excluding hydrogens is 438 g/mol. The van der Waals surface area contributed by atoms with Crippen molar-refractivity contribution in [3.63, 3.8) is 0 Å². The molecule has 0 spiro atoms. The molecule has 0 saturated carbocycles. The van der Waals surface area contributed by atoms with Crippen LogP contribution >= 0.6 is 0 Å². The van der Waals surface area contributed by atoms with Crippen LogP contribution in [0.2, 0.25) is 0 Å². The normalized spacial score (nSPS) is 20.0. The van der Waals surface area contributed by atoms with E-state index in [9.17, 15) is 4.39 Å². The van der Waals surface area contributed by atoms with Gasteiger partial charge >= 0.3 is 0 Å². The largest absolute Gasteiger partial charge is 0.370 e. The Morgan fingerprint density at radius 2 is 1.88 bits per heavy atom. The highest BCUT2D eigenvalue weighted by Crippen LogP contribution is 2.30. The van der Waals surface area contributed by atoms with E-state index in [1.165, 1.54) is 6.07 Å². The number of imidazole rings is 1. The monoisotopic (exact) mass is 466 g/mol. The third kappa shape index (κ3) is 4.63. The first-order valence-corrected chi connectivity index (χ1v) is 11.6. The first-order chi connectivity index (χ1) is 16.4. The summed E-state index contributed by atoms with van der Waals surface area (Å²) in [5.41, 5.74) is 2.94. The predicted octanol–water partition coefficient (Wildman–Crippen LogP) is 4.31. The van der Waals surface area contributed by atoms with Gasteiger partial charge in [0.25, 0.3) is 0 Å². The van der Waals surface area contributed by atoms with Gasteiger partial charge in [0.2, 0.25) is 0 Å². The molecular formula is C25H28F2N6O. The average Bonchev–Trinajstić information content (AvgIpc) is 3.16. The lowest BCUT2D eigenvalue weighted by atomic mass is 10.0. The van der Waals surface area contributed by atoms with Crippen LogP contribution in [0.25, 0.3) is 22.6 Å². The van der Waals surface area contributed by atoms with E-state index in [1.807, 2.05) is 17.6 Å². The fourth-order valence-corrected chi connectivity index (χ4v) is 4.64. The van der Waals surface area contributed by atoms with Gasteiger partial charge in [0, 0.05) is 36.8 Å². The maximum absolute atomic E-state index is 15.3. The lowest BCUT2D eigenvalue weighted by Crippen LogP contribution is -2.36. The number of rotatable bonds is 5. The molecule has 5 rings (SSSR count). The van der Waals surface area contributed by atoms with Crippen molar-refractivity contribution in [2.24, 2.45) is 0 Å². The van der Waals surface area contributed by atoms with Gasteiger partial charge in [0.15, 0.2) is 5.65 Å². The first-order valence-electron chi connectivity index (χ1n) is 11.6. The lowest BCUT2D eigenvalue weighted by Gasteiger charge is -2.31. The highest BCUT2D eigenvalue weighted by Gasteiger charge is 2.25. The number of halogens is 2. The van der Waals surface area contributed by atoms with Gasteiger partial charge in [0.1, 0.15) is 28.8 Å². The van der Waals surface area contributed by atoms with Crippen molar-refractivity contribution in [2.45, 2.75) is 51.9 Å². The average molecular weight is 467 g/mol. The highest BCUT2D eigenvalue weighted by molar-refractivity contribution is 5.79. The number of nitrogens with zero attached hydrogens (tertiary/aromatic N) is 6. The van der Waals surface area contributed by atoms with Crippen LogP contribution in [-0.2, 0) is 11.3 Å². The quantitative estimate of drug-likeness (QED) is 0.558. The summed E-state index contributed by atoms with van der Waals surface area (Å²) in [7, 11) is 2.10.